The van der Waals surface area contributed by atoms with Gasteiger partial charge < -0.3 is 4.74 Å². The van der Waals surface area contributed by atoms with Gasteiger partial charge in [0.05, 0.1) is 15.4 Å². The molecule has 0 aliphatic heterocycles. The Morgan fingerprint density at radius 1 is 1.27 bits per heavy atom. The number of halogens is 4. The van der Waals surface area contributed by atoms with E-state index in [4.69, 9.17) is 4.74 Å². The van der Waals surface area contributed by atoms with Gasteiger partial charge >= 0.3 is 12.1 Å². The van der Waals surface area contributed by atoms with Crippen LogP contribution in [0.25, 0.3) is 11.0 Å². The smallest absolute Gasteiger partial charge is 0.435 e. The quantitative estimate of drug-likeness (QED) is 0.595. The number of carbonyl (C=O) groups is 1. The number of aromatic nitrogens is 5. The topological polar surface area (TPSA) is 74.8 Å². The molecule has 0 bridgehead atoms. The van der Waals surface area contributed by atoms with E-state index in [-0.39, 0.29) is 23.2 Å². The molecule has 0 N–H and O–H groups in total. The minimum absolute atomic E-state index is 0.0250. The van der Waals surface area contributed by atoms with Gasteiger partial charge in [0.15, 0.2) is 11.3 Å². The van der Waals surface area contributed by atoms with Crippen LogP contribution in [-0.4, -0.2) is 30.5 Å². The van der Waals surface area contributed by atoms with E-state index < -0.39 is 17.8 Å². The molecule has 0 aliphatic carbocycles. The summed E-state index contributed by atoms with van der Waals surface area (Å²) < 4.78 is 47.7. The van der Waals surface area contributed by atoms with Crippen molar-refractivity contribution >= 4 is 32.9 Å². The van der Waals surface area contributed by atoms with E-state index in [9.17, 15) is 18.0 Å². The van der Waals surface area contributed by atoms with Crippen LogP contribution in [-0.2, 0) is 31.6 Å². The molecule has 0 aliphatic rings. The summed E-state index contributed by atoms with van der Waals surface area (Å²) >= 11 is 3.35. The number of pyridine rings is 1. The zero-order chi connectivity index (χ0) is 19.2. The van der Waals surface area contributed by atoms with E-state index in [1.54, 1.807) is 11.7 Å². The van der Waals surface area contributed by atoms with Gasteiger partial charge in [-0.1, -0.05) is 0 Å². The van der Waals surface area contributed by atoms with Crippen LogP contribution in [0.15, 0.2) is 16.7 Å². The van der Waals surface area contributed by atoms with E-state index in [1.807, 2.05) is 6.92 Å². The number of aryl methyl sites for hydroxylation is 2. The summed E-state index contributed by atoms with van der Waals surface area (Å²) in [5.74, 6) is -0.799. The zero-order valence-corrected chi connectivity index (χ0v) is 15.5. The Bertz CT molecular complexity index is 1010. The molecule has 3 heterocycles. The maximum Gasteiger partial charge on any atom is 0.435 e. The lowest BCUT2D eigenvalue weighted by Crippen LogP contribution is -2.08. The fourth-order valence-corrected chi connectivity index (χ4v) is 2.87. The van der Waals surface area contributed by atoms with Crippen LogP contribution >= 0.6 is 15.9 Å². The van der Waals surface area contributed by atoms with Crippen molar-refractivity contribution in [3.05, 3.63) is 39.4 Å². The van der Waals surface area contributed by atoms with Gasteiger partial charge in [0, 0.05) is 26.0 Å². The molecule has 26 heavy (non-hydrogen) atoms. The van der Waals surface area contributed by atoms with Gasteiger partial charge in [0.25, 0.3) is 0 Å². The second kappa shape index (κ2) is 6.38. The number of hydrogen-bond donors (Lipinski definition) is 0. The molecule has 0 unspecified atom stereocenters. The summed E-state index contributed by atoms with van der Waals surface area (Å²) in [7, 11) is 3.09. The normalized spacial score (nSPS) is 12.0. The number of hydrogen-bond acceptors (Lipinski definition) is 5. The van der Waals surface area contributed by atoms with Crippen molar-refractivity contribution in [2.24, 2.45) is 14.1 Å². The maximum atomic E-state index is 13.1. The van der Waals surface area contributed by atoms with Gasteiger partial charge in [-0.05, 0) is 28.9 Å². The van der Waals surface area contributed by atoms with Gasteiger partial charge in [-0.3, -0.25) is 4.68 Å². The van der Waals surface area contributed by atoms with E-state index >= 15 is 0 Å². The number of esters is 1. The first-order valence-electron chi connectivity index (χ1n) is 7.34. The molecule has 3 rings (SSSR count). The minimum atomic E-state index is -4.65. The van der Waals surface area contributed by atoms with Crippen LogP contribution in [0.1, 0.15) is 27.4 Å². The fraction of sp³-hybridized carbons (Fsp3) is 0.333. The van der Waals surface area contributed by atoms with E-state index in [0.717, 1.165) is 22.6 Å². The van der Waals surface area contributed by atoms with Crippen LogP contribution in [0.4, 0.5) is 13.2 Å². The number of ether oxygens (including phenoxy) is 1. The molecule has 0 spiro atoms. The zero-order valence-electron chi connectivity index (χ0n) is 13.9. The number of fused-ring (bicyclic) bond motifs is 1. The van der Waals surface area contributed by atoms with Crippen molar-refractivity contribution in [1.82, 2.24) is 24.5 Å². The Kier molecular flexibility index (Phi) is 4.51. The molecule has 3 aromatic heterocycles. The van der Waals surface area contributed by atoms with Crippen molar-refractivity contribution in [1.29, 1.82) is 0 Å². The number of carbonyl (C=O) groups excluding carboxylic acids is 1. The second-order valence-electron chi connectivity index (χ2n) is 5.61. The van der Waals surface area contributed by atoms with Crippen LogP contribution in [0.5, 0.6) is 0 Å². The van der Waals surface area contributed by atoms with Gasteiger partial charge in [-0.25, -0.2) is 14.5 Å². The van der Waals surface area contributed by atoms with Crippen LogP contribution in [0, 0.1) is 6.92 Å². The highest BCUT2D eigenvalue weighted by Gasteiger charge is 2.37. The Hall–Kier alpha value is -2.43. The van der Waals surface area contributed by atoms with Crippen molar-refractivity contribution < 1.29 is 22.7 Å². The molecular weight excluding hydrogens is 419 g/mol. The third-order valence-electron chi connectivity index (χ3n) is 3.85. The van der Waals surface area contributed by atoms with Gasteiger partial charge in [-0.2, -0.15) is 23.4 Å². The third-order valence-corrected chi connectivity index (χ3v) is 4.88. The molecule has 0 saturated heterocycles. The van der Waals surface area contributed by atoms with Crippen molar-refractivity contribution in [3.63, 3.8) is 0 Å². The highest BCUT2D eigenvalue weighted by atomic mass is 79.9. The van der Waals surface area contributed by atoms with E-state index in [1.165, 1.54) is 7.05 Å². The molecular formula is C15H13BrF3N5O2. The number of nitrogens with zero attached hydrogens (tertiary/aromatic N) is 5. The molecule has 0 fully saturated rings. The lowest BCUT2D eigenvalue weighted by atomic mass is 10.2. The van der Waals surface area contributed by atoms with Gasteiger partial charge in [0.2, 0.25) is 0 Å². The Labute approximate surface area is 153 Å². The summed E-state index contributed by atoms with van der Waals surface area (Å²) in [4.78, 5) is 16.1. The number of rotatable bonds is 3. The summed E-state index contributed by atoms with van der Waals surface area (Å²) in [5.41, 5.74) is 0.186. The highest BCUT2D eigenvalue weighted by molar-refractivity contribution is 9.10. The molecule has 0 aromatic carbocycles. The Morgan fingerprint density at radius 3 is 2.54 bits per heavy atom. The lowest BCUT2D eigenvalue weighted by Gasteiger charge is -2.05. The predicted octanol–water partition coefficient (Wildman–Crippen LogP) is 3.15. The Morgan fingerprint density at radius 2 is 1.96 bits per heavy atom. The lowest BCUT2D eigenvalue weighted by molar-refractivity contribution is -0.140. The largest absolute Gasteiger partial charge is 0.455 e. The summed E-state index contributed by atoms with van der Waals surface area (Å²) in [5, 5.41) is 7.37. The summed E-state index contributed by atoms with van der Waals surface area (Å²) in [6.07, 6.45) is -3.49. The molecule has 0 radical (unpaired) electrons. The minimum Gasteiger partial charge on any atom is -0.455 e. The maximum absolute atomic E-state index is 13.1. The first-order chi connectivity index (χ1) is 12.1. The van der Waals surface area contributed by atoms with Gasteiger partial charge in [0.1, 0.15) is 12.3 Å². The van der Waals surface area contributed by atoms with Crippen LogP contribution in [0.2, 0.25) is 0 Å². The average molecular weight is 432 g/mol. The molecule has 138 valence electrons. The van der Waals surface area contributed by atoms with E-state index in [2.05, 4.69) is 31.1 Å². The molecule has 3 aromatic rings. The molecule has 0 saturated carbocycles. The van der Waals surface area contributed by atoms with Crippen LogP contribution in [0.3, 0.4) is 0 Å². The Balaban J connectivity index is 1.87. The van der Waals surface area contributed by atoms with Crippen molar-refractivity contribution in [2.75, 3.05) is 0 Å². The first-order valence-corrected chi connectivity index (χ1v) is 8.14. The number of alkyl halides is 3. The summed E-state index contributed by atoms with van der Waals surface area (Å²) in [6.45, 7) is 1.71. The average Bonchev–Trinajstić information content (AvgIpc) is 3.04. The molecule has 11 heteroatoms. The molecule has 7 nitrogen and oxygen atoms in total. The van der Waals surface area contributed by atoms with E-state index in [0.29, 0.717) is 10.2 Å². The predicted molar refractivity (Wildman–Crippen MR) is 88.3 cm³/mol. The second-order valence-corrected chi connectivity index (χ2v) is 6.40. The van der Waals surface area contributed by atoms with Crippen molar-refractivity contribution in [2.45, 2.75) is 19.7 Å². The SMILES string of the molecule is Cc1c(Br)c(COC(=O)c2cnc3c(c2)c(C(F)(F)F)nn3C)nn1C. The molecule has 0 amide bonds. The standard InChI is InChI=1S/C15H13BrF3N5O2/c1-7-11(16)10(21-23(7)2)6-26-14(25)8-4-9-12(15(17,18)19)22-24(3)13(9)20-5-8/h4-5H,6H2,1-3H3. The fourth-order valence-electron chi connectivity index (χ4n) is 2.42. The summed E-state index contributed by atoms with van der Waals surface area (Å²) in [6, 6.07) is 1.08. The monoisotopic (exact) mass is 431 g/mol. The van der Waals surface area contributed by atoms with Crippen molar-refractivity contribution in [3.8, 4) is 0 Å². The molecule has 0 atom stereocenters. The van der Waals surface area contributed by atoms with Crippen LogP contribution < -0.4 is 0 Å². The van der Waals surface area contributed by atoms with Gasteiger partial charge in [-0.15, -0.1) is 0 Å². The third kappa shape index (κ3) is 3.18. The highest BCUT2D eigenvalue weighted by Crippen LogP contribution is 2.33. The first kappa shape index (κ1) is 18.4.